The summed E-state index contributed by atoms with van der Waals surface area (Å²) in [6.45, 7) is 7.01. The highest BCUT2D eigenvalue weighted by molar-refractivity contribution is 5.36. The highest BCUT2D eigenvalue weighted by Gasteiger charge is 2.31. The first-order valence-corrected chi connectivity index (χ1v) is 6.92. The maximum absolute atomic E-state index is 8.93. The molecule has 0 unspecified atom stereocenters. The van der Waals surface area contributed by atoms with Gasteiger partial charge in [0.25, 0.3) is 0 Å². The molecule has 1 saturated carbocycles. The molecule has 0 heterocycles. The fourth-order valence-electron chi connectivity index (χ4n) is 3.17. The monoisotopic (exact) mass is 248 g/mol. The fraction of sp³-hybridized carbons (Fsp3) is 0.625. The van der Waals surface area contributed by atoms with Gasteiger partial charge >= 0.3 is 0 Å². The van der Waals surface area contributed by atoms with Crippen molar-refractivity contribution in [3.8, 4) is 5.75 Å². The van der Waals surface area contributed by atoms with Crippen LogP contribution >= 0.6 is 0 Å². The van der Waals surface area contributed by atoms with Gasteiger partial charge in [0.2, 0.25) is 0 Å². The standard InChI is InChI=1S/C16H24O2/c1-16(2,3)13-10-8-12(9-11-13)14-6-4-5-7-15(14)18-17/h4-7,12-13,17H,8-11H2,1-3H3. The average Bonchev–Trinajstić information content (AvgIpc) is 2.38. The predicted octanol–water partition coefficient (Wildman–Crippen LogP) is 4.86. The van der Waals surface area contributed by atoms with Gasteiger partial charge in [0.15, 0.2) is 5.75 Å². The molecular formula is C16H24O2. The fourth-order valence-corrected chi connectivity index (χ4v) is 3.17. The number of hydrogen-bond donors (Lipinski definition) is 1. The van der Waals surface area contributed by atoms with Gasteiger partial charge in [-0.1, -0.05) is 39.0 Å². The Morgan fingerprint density at radius 2 is 1.67 bits per heavy atom. The lowest BCUT2D eigenvalue weighted by Gasteiger charge is -2.37. The van der Waals surface area contributed by atoms with Crippen LogP contribution in [0.15, 0.2) is 24.3 Å². The van der Waals surface area contributed by atoms with Crippen molar-refractivity contribution in [3.63, 3.8) is 0 Å². The van der Waals surface area contributed by atoms with E-state index in [4.69, 9.17) is 5.26 Å². The molecule has 1 aliphatic rings. The summed E-state index contributed by atoms with van der Waals surface area (Å²) in [5, 5.41) is 8.93. The van der Waals surface area contributed by atoms with Crippen molar-refractivity contribution in [2.45, 2.75) is 52.4 Å². The van der Waals surface area contributed by atoms with E-state index in [0.29, 0.717) is 17.1 Å². The quantitative estimate of drug-likeness (QED) is 0.598. The SMILES string of the molecule is CC(C)(C)C1CCC(c2ccccc2OO)CC1. The molecule has 0 spiro atoms. The molecule has 2 heteroatoms. The number of para-hydroxylation sites is 1. The summed E-state index contributed by atoms with van der Waals surface area (Å²) in [7, 11) is 0. The van der Waals surface area contributed by atoms with Crippen molar-refractivity contribution >= 4 is 0 Å². The van der Waals surface area contributed by atoms with Crippen molar-refractivity contribution in [1.82, 2.24) is 0 Å². The zero-order valence-electron chi connectivity index (χ0n) is 11.6. The van der Waals surface area contributed by atoms with Gasteiger partial charge in [-0.25, -0.2) is 5.26 Å². The Morgan fingerprint density at radius 1 is 1.06 bits per heavy atom. The van der Waals surface area contributed by atoms with Crippen molar-refractivity contribution in [2.75, 3.05) is 0 Å². The third-order valence-corrected chi connectivity index (χ3v) is 4.41. The van der Waals surface area contributed by atoms with E-state index in [1.165, 1.54) is 25.7 Å². The number of hydrogen-bond acceptors (Lipinski definition) is 2. The molecule has 1 aromatic rings. The highest BCUT2D eigenvalue weighted by atomic mass is 17.1. The van der Waals surface area contributed by atoms with Crippen LogP contribution < -0.4 is 4.89 Å². The van der Waals surface area contributed by atoms with Crippen LogP contribution in [0.2, 0.25) is 0 Å². The maximum Gasteiger partial charge on any atom is 0.168 e. The average molecular weight is 248 g/mol. The molecule has 0 aliphatic heterocycles. The van der Waals surface area contributed by atoms with Crippen molar-refractivity contribution in [3.05, 3.63) is 29.8 Å². The minimum Gasteiger partial charge on any atom is -0.340 e. The molecule has 18 heavy (non-hydrogen) atoms. The van der Waals surface area contributed by atoms with Gasteiger partial charge in [0.1, 0.15) is 0 Å². The van der Waals surface area contributed by atoms with Crippen LogP contribution in [0.25, 0.3) is 0 Å². The Hall–Kier alpha value is -1.02. The van der Waals surface area contributed by atoms with Crippen LogP contribution in [-0.2, 0) is 0 Å². The van der Waals surface area contributed by atoms with Crippen LogP contribution in [0.5, 0.6) is 5.75 Å². The Balaban J connectivity index is 2.06. The van der Waals surface area contributed by atoms with Gasteiger partial charge in [0.05, 0.1) is 0 Å². The Kier molecular flexibility index (Phi) is 3.96. The molecule has 0 radical (unpaired) electrons. The topological polar surface area (TPSA) is 29.5 Å². The van der Waals surface area contributed by atoms with Crippen LogP contribution in [0.3, 0.4) is 0 Å². The minimum atomic E-state index is 0.415. The second-order valence-corrected chi connectivity index (χ2v) is 6.54. The lowest BCUT2D eigenvalue weighted by Crippen LogP contribution is -2.25. The molecule has 0 bridgehead atoms. The van der Waals surface area contributed by atoms with E-state index in [-0.39, 0.29) is 0 Å². The van der Waals surface area contributed by atoms with Gasteiger partial charge in [-0.15, -0.1) is 0 Å². The molecule has 0 aromatic heterocycles. The summed E-state index contributed by atoms with van der Waals surface area (Å²) in [4.78, 5) is 4.49. The van der Waals surface area contributed by atoms with Crippen molar-refractivity contribution in [2.24, 2.45) is 11.3 Å². The third-order valence-electron chi connectivity index (χ3n) is 4.41. The summed E-state index contributed by atoms with van der Waals surface area (Å²) in [6, 6.07) is 7.84. The van der Waals surface area contributed by atoms with E-state index in [1.54, 1.807) is 0 Å². The lowest BCUT2D eigenvalue weighted by molar-refractivity contribution is -0.138. The molecule has 1 aromatic carbocycles. The van der Waals surface area contributed by atoms with Crippen molar-refractivity contribution in [1.29, 1.82) is 0 Å². The Bertz CT molecular complexity index is 384. The highest BCUT2D eigenvalue weighted by Crippen LogP contribution is 2.44. The van der Waals surface area contributed by atoms with Crippen molar-refractivity contribution < 1.29 is 10.1 Å². The van der Waals surface area contributed by atoms with Gasteiger partial charge in [-0.2, -0.15) is 0 Å². The largest absolute Gasteiger partial charge is 0.340 e. The summed E-state index contributed by atoms with van der Waals surface area (Å²) >= 11 is 0. The van der Waals surface area contributed by atoms with E-state index in [9.17, 15) is 0 Å². The second-order valence-electron chi connectivity index (χ2n) is 6.54. The normalized spacial score (nSPS) is 24.9. The second kappa shape index (κ2) is 5.31. The van der Waals surface area contributed by atoms with E-state index in [2.05, 4.69) is 31.7 Å². The first kappa shape index (κ1) is 13.4. The predicted molar refractivity (Wildman–Crippen MR) is 73.9 cm³/mol. The maximum atomic E-state index is 8.93. The van der Waals surface area contributed by atoms with Crippen LogP contribution in [-0.4, -0.2) is 5.26 Å². The molecule has 100 valence electrons. The molecule has 2 nitrogen and oxygen atoms in total. The first-order chi connectivity index (χ1) is 8.52. The van der Waals surface area contributed by atoms with Gasteiger partial charge in [0, 0.05) is 5.56 Å². The minimum absolute atomic E-state index is 0.415. The van der Waals surface area contributed by atoms with Crippen LogP contribution in [0, 0.1) is 11.3 Å². The third kappa shape index (κ3) is 2.86. The number of rotatable bonds is 2. The molecule has 0 saturated heterocycles. The smallest absolute Gasteiger partial charge is 0.168 e. The van der Waals surface area contributed by atoms with E-state index < -0.39 is 0 Å². The van der Waals surface area contributed by atoms with E-state index in [0.717, 1.165) is 11.5 Å². The molecule has 0 amide bonds. The number of benzene rings is 1. The van der Waals surface area contributed by atoms with Crippen LogP contribution in [0.4, 0.5) is 0 Å². The van der Waals surface area contributed by atoms with E-state index in [1.807, 2.05) is 18.2 Å². The molecule has 1 N–H and O–H groups in total. The summed E-state index contributed by atoms with van der Waals surface area (Å²) < 4.78 is 0. The molecule has 1 aliphatic carbocycles. The molecule has 0 atom stereocenters. The summed E-state index contributed by atoms with van der Waals surface area (Å²) in [6.07, 6.45) is 4.94. The van der Waals surface area contributed by atoms with Gasteiger partial charge in [-0.3, -0.25) is 0 Å². The molecule has 2 rings (SSSR count). The van der Waals surface area contributed by atoms with Gasteiger partial charge in [-0.05, 0) is 49.0 Å². The Labute approximate surface area is 110 Å². The lowest BCUT2D eigenvalue weighted by atomic mass is 9.68. The zero-order valence-corrected chi connectivity index (χ0v) is 11.6. The summed E-state index contributed by atoms with van der Waals surface area (Å²) in [5.74, 6) is 1.97. The first-order valence-electron chi connectivity index (χ1n) is 6.92. The zero-order chi connectivity index (χ0) is 13.2. The van der Waals surface area contributed by atoms with Crippen LogP contribution in [0.1, 0.15) is 57.9 Å². The van der Waals surface area contributed by atoms with E-state index >= 15 is 0 Å². The molecular weight excluding hydrogens is 224 g/mol. The van der Waals surface area contributed by atoms with Gasteiger partial charge < -0.3 is 4.89 Å². The molecule has 1 fully saturated rings. The Morgan fingerprint density at radius 3 is 2.22 bits per heavy atom. The summed E-state index contributed by atoms with van der Waals surface area (Å²) in [5.41, 5.74) is 1.57.